The molecule has 0 unspecified atom stereocenters. The van der Waals surface area contributed by atoms with Gasteiger partial charge in [0.1, 0.15) is 5.69 Å². The Morgan fingerprint density at radius 1 is 1.00 bits per heavy atom. The number of benzene rings is 3. The van der Waals surface area contributed by atoms with E-state index in [2.05, 4.69) is 17.0 Å². The molecular formula is C27H29N4O2+. The predicted molar refractivity (Wildman–Crippen MR) is 136 cm³/mol. The van der Waals surface area contributed by atoms with E-state index >= 15 is 0 Å². The lowest BCUT2D eigenvalue weighted by Crippen LogP contribution is -2.73. The third-order valence-electron chi connectivity index (χ3n) is 5.01. The summed E-state index contributed by atoms with van der Waals surface area (Å²) < 4.78 is 4.95. The zero-order valence-corrected chi connectivity index (χ0v) is 19.2. The van der Waals surface area contributed by atoms with Gasteiger partial charge in [-0.05, 0) is 54.6 Å². The van der Waals surface area contributed by atoms with Gasteiger partial charge in [-0.3, -0.25) is 5.01 Å². The molecule has 33 heavy (non-hydrogen) atoms. The summed E-state index contributed by atoms with van der Waals surface area (Å²) in [6.45, 7) is 4.04. The maximum atomic E-state index is 12.4. The van der Waals surface area contributed by atoms with Gasteiger partial charge < -0.3 is 15.4 Å². The second-order valence-corrected chi connectivity index (χ2v) is 7.28. The molecule has 0 amide bonds. The number of nitrogens with two attached hydrogens (primary N) is 1. The van der Waals surface area contributed by atoms with Crippen LogP contribution in [0.25, 0.3) is 6.08 Å². The molecule has 0 bridgehead atoms. The fourth-order valence-corrected chi connectivity index (χ4v) is 3.18. The van der Waals surface area contributed by atoms with Crippen molar-refractivity contribution in [1.29, 1.82) is 0 Å². The van der Waals surface area contributed by atoms with Crippen LogP contribution in [0.3, 0.4) is 0 Å². The molecule has 0 heterocycles. The number of hydrogen-bond acceptors (Lipinski definition) is 5. The van der Waals surface area contributed by atoms with Gasteiger partial charge in [0.05, 0.1) is 19.8 Å². The largest absolute Gasteiger partial charge is 0.464 e. The second-order valence-electron chi connectivity index (χ2n) is 7.28. The van der Waals surface area contributed by atoms with Gasteiger partial charge in [-0.15, -0.1) is 0 Å². The SMILES string of the molecule is C=C(C=Cc1ccccc1[NH2+]C)C(=NN(C)c1ccc(Nc2ccccc2)cc1)C(=O)OC. The number of nitrogens with one attached hydrogen (secondary N) is 1. The summed E-state index contributed by atoms with van der Waals surface area (Å²) >= 11 is 0. The lowest BCUT2D eigenvalue weighted by Gasteiger charge is -2.16. The van der Waals surface area contributed by atoms with Crippen LogP contribution >= 0.6 is 0 Å². The van der Waals surface area contributed by atoms with Crippen molar-refractivity contribution in [3.05, 3.63) is 103 Å². The quantitative estimate of drug-likeness (QED) is 0.169. The van der Waals surface area contributed by atoms with Crippen molar-refractivity contribution in [2.24, 2.45) is 5.10 Å². The zero-order valence-electron chi connectivity index (χ0n) is 19.2. The highest BCUT2D eigenvalue weighted by atomic mass is 16.5. The minimum Gasteiger partial charge on any atom is -0.464 e. The van der Waals surface area contributed by atoms with Gasteiger partial charge >= 0.3 is 5.97 Å². The maximum absolute atomic E-state index is 12.4. The van der Waals surface area contributed by atoms with Gasteiger partial charge in [-0.2, -0.15) is 5.10 Å². The Morgan fingerprint density at radius 3 is 2.30 bits per heavy atom. The van der Waals surface area contributed by atoms with Crippen LogP contribution in [0.1, 0.15) is 5.56 Å². The Morgan fingerprint density at radius 2 is 1.64 bits per heavy atom. The van der Waals surface area contributed by atoms with Crippen LogP contribution in [-0.2, 0) is 9.53 Å². The third-order valence-corrected chi connectivity index (χ3v) is 5.01. The summed E-state index contributed by atoms with van der Waals surface area (Å²) in [5.41, 5.74) is 5.50. The molecule has 0 radical (unpaired) electrons. The number of carbonyl (C=O) groups excluding carboxylic acids is 1. The van der Waals surface area contributed by atoms with Gasteiger partial charge in [0.25, 0.3) is 0 Å². The minimum atomic E-state index is -0.547. The average Bonchev–Trinajstić information content (AvgIpc) is 2.86. The van der Waals surface area contributed by atoms with Crippen molar-refractivity contribution in [2.75, 3.05) is 31.5 Å². The third kappa shape index (κ3) is 6.41. The Balaban J connectivity index is 1.78. The van der Waals surface area contributed by atoms with E-state index < -0.39 is 5.97 Å². The average molecular weight is 442 g/mol. The van der Waals surface area contributed by atoms with Crippen LogP contribution in [0, 0.1) is 0 Å². The summed E-state index contributed by atoms with van der Waals surface area (Å²) in [5.74, 6) is -0.547. The van der Waals surface area contributed by atoms with E-state index in [0.29, 0.717) is 5.57 Å². The summed E-state index contributed by atoms with van der Waals surface area (Å²) in [5, 5.41) is 11.5. The molecule has 3 rings (SSSR count). The van der Waals surface area contributed by atoms with Gasteiger partial charge in [0, 0.05) is 29.6 Å². The van der Waals surface area contributed by atoms with Crippen molar-refractivity contribution in [2.45, 2.75) is 0 Å². The van der Waals surface area contributed by atoms with Crippen molar-refractivity contribution in [1.82, 2.24) is 0 Å². The molecule has 0 aliphatic carbocycles. The first-order valence-corrected chi connectivity index (χ1v) is 10.6. The molecule has 0 aromatic heterocycles. The molecule has 0 fully saturated rings. The topological polar surface area (TPSA) is 70.5 Å². The van der Waals surface area contributed by atoms with E-state index in [1.807, 2.05) is 97.3 Å². The molecule has 0 spiro atoms. The molecule has 3 aromatic carbocycles. The Labute approximate surface area is 194 Å². The van der Waals surface area contributed by atoms with Crippen LogP contribution in [0.5, 0.6) is 0 Å². The number of ether oxygens (including phenoxy) is 1. The Kier molecular flexibility index (Phi) is 8.16. The molecule has 168 valence electrons. The molecule has 3 aromatic rings. The standard InChI is InChI=1S/C27H28N4O2/c1-20(14-15-21-10-8-9-13-25(21)28-2)26(27(32)33-4)30-31(3)24-18-16-23(17-19-24)29-22-11-6-5-7-12-22/h5-19,28-29H,1H2,2-4H3/p+1. The minimum absolute atomic E-state index is 0.140. The van der Waals surface area contributed by atoms with Gasteiger partial charge in [0.15, 0.2) is 5.71 Å². The van der Waals surface area contributed by atoms with Crippen LogP contribution in [0.2, 0.25) is 0 Å². The Bertz CT molecular complexity index is 1150. The molecule has 0 atom stereocenters. The van der Waals surface area contributed by atoms with E-state index in [0.717, 1.165) is 28.3 Å². The highest BCUT2D eigenvalue weighted by Gasteiger charge is 2.16. The molecule has 0 saturated heterocycles. The van der Waals surface area contributed by atoms with Crippen LogP contribution in [-0.4, -0.2) is 32.9 Å². The van der Waals surface area contributed by atoms with Crippen LogP contribution in [0.4, 0.5) is 22.7 Å². The van der Waals surface area contributed by atoms with E-state index in [-0.39, 0.29) is 5.71 Å². The normalized spacial score (nSPS) is 11.3. The highest BCUT2D eigenvalue weighted by Crippen LogP contribution is 2.21. The lowest BCUT2D eigenvalue weighted by molar-refractivity contribution is -0.539. The number of methoxy groups -OCH3 is 1. The van der Waals surface area contributed by atoms with Gasteiger partial charge in [-0.25, -0.2) is 4.79 Å². The van der Waals surface area contributed by atoms with E-state index in [1.54, 1.807) is 18.1 Å². The number of esters is 1. The lowest BCUT2D eigenvalue weighted by atomic mass is 10.1. The number of quaternary nitrogens is 1. The van der Waals surface area contributed by atoms with Crippen molar-refractivity contribution >= 4 is 40.5 Å². The van der Waals surface area contributed by atoms with Crippen molar-refractivity contribution in [3.8, 4) is 0 Å². The van der Waals surface area contributed by atoms with Crippen LogP contribution in [0.15, 0.2) is 102 Å². The number of hydrazone groups is 1. The number of nitrogens with zero attached hydrogens (tertiary/aromatic N) is 2. The summed E-state index contributed by atoms with van der Waals surface area (Å²) in [4.78, 5) is 12.4. The van der Waals surface area contributed by atoms with Gasteiger partial charge in [0.2, 0.25) is 0 Å². The first-order valence-electron chi connectivity index (χ1n) is 10.6. The zero-order chi connectivity index (χ0) is 23.6. The predicted octanol–water partition coefficient (Wildman–Crippen LogP) is 4.49. The van der Waals surface area contributed by atoms with Crippen molar-refractivity contribution in [3.63, 3.8) is 0 Å². The molecule has 0 saturated carbocycles. The van der Waals surface area contributed by atoms with Crippen LogP contribution < -0.4 is 15.6 Å². The second kappa shape index (κ2) is 11.5. The summed E-state index contributed by atoms with van der Waals surface area (Å²) in [6.07, 6.45) is 3.69. The first kappa shape index (κ1) is 23.5. The number of allylic oxidation sites excluding steroid dienone is 1. The van der Waals surface area contributed by atoms with Gasteiger partial charge in [-0.1, -0.05) is 43.0 Å². The number of para-hydroxylation sites is 2. The number of rotatable bonds is 9. The molecule has 3 N–H and O–H groups in total. The molecule has 0 aliphatic heterocycles. The first-order chi connectivity index (χ1) is 16.0. The monoisotopic (exact) mass is 441 g/mol. The molecule has 6 heteroatoms. The smallest absolute Gasteiger partial charge is 0.359 e. The van der Waals surface area contributed by atoms with Crippen molar-refractivity contribution < 1.29 is 14.8 Å². The van der Waals surface area contributed by atoms with E-state index in [1.165, 1.54) is 7.11 Å². The van der Waals surface area contributed by atoms with E-state index in [9.17, 15) is 4.79 Å². The fraction of sp³-hybridized carbons (Fsp3) is 0.111. The summed E-state index contributed by atoms with van der Waals surface area (Å²) in [7, 11) is 5.10. The fourth-order valence-electron chi connectivity index (χ4n) is 3.18. The van der Waals surface area contributed by atoms with E-state index in [4.69, 9.17) is 4.74 Å². The molecule has 0 aliphatic rings. The molecular weight excluding hydrogens is 412 g/mol. The number of anilines is 3. The number of hydrogen-bond donors (Lipinski definition) is 2. The highest BCUT2D eigenvalue weighted by molar-refractivity contribution is 6.44. The number of carbonyl (C=O) groups is 1. The Hall–Kier alpha value is -4.16. The summed E-state index contributed by atoms with van der Waals surface area (Å²) in [6, 6.07) is 25.7. The maximum Gasteiger partial charge on any atom is 0.359 e. The molecule has 6 nitrogen and oxygen atoms in total.